The number of allylic oxidation sites excluding steroid dienone is 4. The number of carbonyl (C=O) groups is 2. The Hall–Kier alpha value is -1.35. The number of carbonyl (C=O) groups excluding carboxylic acids is 2. The van der Waals surface area contributed by atoms with E-state index in [2.05, 4.69) is 42.3 Å². The smallest absolute Gasteiger partial charge is 0.217 e. The fourth-order valence-corrected chi connectivity index (χ4v) is 6.16. The van der Waals surface area contributed by atoms with Crippen LogP contribution in [0.1, 0.15) is 200 Å². The standard InChI is InChI=1S/C39H72O6S.H3N/c1-3-5-7-9-11-13-15-17-19-21-23-25-27-29-31-33-38(40)37(35-36-45-46(42,43)44)39(41)34-32-30-28-26-24-22-20-18-16-14-12-10-8-6-4-2;/h17-20,37H,3-16,21-36H2,1-2H3,(H,42,43,44);1H3/b19-17-,20-18-;. The van der Waals surface area contributed by atoms with Gasteiger partial charge in [-0.1, -0.05) is 141 Å². The number of hydrogen-bond acceptors (Lipinski definition) is 6. The summed E-state index contributed by atoms with van der Waals surface area (Å²) in [5, 5.41) is 0. The quantitative estimate of drug-likeness (QED) is 0.0229. The second-order valence-electron chi connectivity index (χ2n) is 13.2. The van der Waals surface area contributed by atoms with Gasteiger partial charge in [0, 0.05) is 12.8 Å². The molecule has 0 saturated carbocycles. The average molecular weight is 686 g/mol. The van der Waals surface area contributed by atoms with Crippen molar-refractivity contribution in [3.8, 4) is 0 Å². The number of rotatable bonds is 36. The first kappa shape index (κ1) is 47.8. The Labute approximate surface area is 291 Å². The highest BCUT2D eigenvalue weighted by atomic mass is 32.3. The van der Waals surface area contributed by atoms with Gasteiger partial charge in [-0.05, 0) is 70.6 Å². The number of quaternary nitrogens is 1. The molecule has 0 aromatic rings. The van der Waals surface area contributed by atoms with Crippen molar-refractivity contribution in [3.63, 3.8) is 0 Å². The minimum absolute atomic E-state index is 0. The fraction of sp³-hybridized carbons (Fsp3) is 0.846. The maximum Gasteiger partial charge on any atom is 0.217 e. The fourth-order valence-electron chi connectivity index (χ4n) is 5.86. The summed E-state index contributed by atoms with van der Waals surface area (Å²) in [6.45, 7) is 4.07. The van der Waals surface area contributed by atoms with Crippen molar-refractivity contribution in [1.82, 2.24) is 6.15 Å². The molecule has 0 saturated heterocycles. The molecule has 8 heteroatoms. The van der Waals surface area contributed by atoms with E-state index in [0.717, 1.165) is 77.0 Å². The molecule has 0 aromatic carbocycles. The van der Waals surface area contributed by atoms with Crippen molar-refractivity contribution in [2.24, 2.45) is 5.92 Å². The summed E-state index contributed by atoms with van der Waals surface area (Å²) in [7, 11) is -4.84. The van der Waals surface area contributed by atoms with Gasteiger partial charge in [-0.25, -0.2) is 8.42 Å². The predicted molar refractivity (Wildman–Crippen MR) is 199 cm³/mol. The molecule has 0 spiro atoms. The zero-order valence-corrected chi connectivity index (χ0v) is 31.8. The van der Waals surface area contributed by atoms with Crippen LogP contribution in [0.15, 0.2) is 24.3 Å². The topological polar surface area (TPSA) is 137 Å². The van der Waals surface area contributed by atoms with Gasteiger partial charge in [0.05, 0.1) is 12.5 Å². The molecule has 47 heavy (non-hydrogen) atoms. The molecular formula is C39H75NO6S. The molecule has 4 N–H and O–H groups in total. The Kier molecular flexibility index (Phi) is 36.5. The zero-order chi connectivity index (χ0) is 34.0. The summed E-state index contributed by atoms with van der Waals surface area (Å²) in [6, 6.07) is 0. The first-order valence-corrected chi connectivity index (χ1v) is 20.6. The predicted octanol–water partition coefficient (Wildman–Crippen LogP) is 12.1. The zero-order valence-electron chi connectivity index (χ0n) is 31.0. The summed E-state index contributed by atoms with van der Waals surface area (Å²) >= 11 is 0. The van der Waals surface area contributed by atoms with Crippen molar-refractivity contribution in [3.05, 3.63) is 24.3 Å². The lowest BCUT2D eigenvalue weighted by Gasteiger charge is -2.16. The SMILES string of the molecule is CCCCCCCC/C=C\CCCCCCCC(=O)C(CCOS(=O)(=O)[O-])C(=O)CCCCCCC/C=C\CCCCCCCC.[NH4+]. The maximum atomic E-state index is 12.9. The van der Waals surface area contributed by atoms with Gasteiger partial charge in [0.2, 0.25) is 10.4 Å². The van der Waals surface area contributed by atoms with Crippen LogP contribution in [-0.4, -0.2) is 31.1 Å². The summed E-state index contributed by atoms with van der Waals surface area (Å²) in [5.41, 5.74) is 0. The van der Waals surface area contributed by atoms with Crippen molar-refractivity contribution < 1.29 is 26.7 Å². The van der Waals surface area contributed by atoms with Crippen molar-refractivity contribution in [2.75, 3.05) is 6.61 Å². The molecule has 0 rings (SSSR count). The van der Waals surface area contributed by atoms with Gasteiger partial charge in [0.1, 0.15) is 11.6 Å². The van der Waals surface area contributed by atoms with Crippen molar-refractivity contribution in [2.45, 2.75) is 200 Å². The Bertz CT molecular complexity index is 819. The summed E-state index contributed by atoms with van der Waals surface area (Å²) in [4.78, 5) is 25.8. The molecular weight excluding hydrogens is 610 g/mol. The lowest BCUT2D eigenvalue weighted by atomic mass is 9.89. The summed E-state index contributed by atoms with van der Waals surface area (Å²) < 4.78 is 36.9. The van der Waals surface area contributed by atoms with Gasteiger partial charge in [0.25, 0.3) is 0 Å². The van der Waals surface area contributed by atoms with Crippen LogP contribution in [0, 0.1) is 5.92 Å². The molecule has 7 nitrogen and oxygen atoms in total. The Balaban J connectivity index is 0. The molecule has 278 valence electrons. The van der Waals surface area contributed by atoms with E-state index >= 15 is 0 Å². The first-order chi connectivity index (χ1) is 22.3. The minimum Gasteiger partial charge on any atom is -0.726 e. The Morgan fingerprint density at radius 3 is 1.15 bits per heavy atom. The molecule has 0 aliphatic rings. The average Bonchev–Trinajstić information content (AvgIpc) is 3.02. The van der Waals surface area contributed by atoms with Gasteiger partial charge in [-0.15, -0.1) is 0 Å². The van der Waals surface area contributed by atoms with E-state index in [1.165, 1.54) is 89.9 Å². The number of ketones is 2. The molecule has 0 radical (unpaired) electrons. The van der Waals surface area contributed by atoms with Crippen molar-refractivity contribution >= 4 is 22.0 Å². The van der Waals surface area contributed by atoms with E-state index < -0.39 is 22.9 Å². The van der Waals surface area contributed by atoms with E-state index in [-0.39, 0.29) is 24.1 Å². The monoisotopic (exact) mass is 686 g/mol. The van der Waals surface area contributed by atoms with Crippen molar-refractivity contribution in [1.29, 1.82) is 0 Å². The highest BCUT2D eigenvalue weighted by molar-refractivity contribution is 7.80. The van der Waals surface area contributed by atoms with Gasteiger partial charge < -0.3 is 10.7 Å². The van der Waals surface area contributed by atoms with E-state index in [9.17, 15) is 22.6 Å². The van der Waals surface area contributed by atoms with E-state index in [4.69, 9.17) is 0 Å². The van der Waals surface area contributed by atoms with Crippen LogP contribution in [0.5, 0.6) is 0 Å². The normalized spacial score (nSPS) is 12.0. The third kappa shape index (κ3) is 35.8. The number of hydrogen-bond donors (Lipinski definition) is 1. The third-order valence-electron chi connectivity index (χ3n) is 8.78. The largest absolute Gasteiger partial charge is 0.726 e. The molecule has 0 aromatic heterocycles. The Morgan fingerprint density at radius 2 is 0.830 bits per heavy atom. The van der Waals surface area contributed by atoms with Gasteiger partial charge >= 0.3 is 0 Å². The van der Waals surface area contributed by atoms with Crippen LogP contribution >= 0.6 is 0 Å². The van der Waals surface area contributed by atoms with Gasteiger partial charge in [-0.3, -0.25) is 13.8 Å². The first-order valence-electron chi connectivity index (χ1n) is 19.3. The van der Waals surface area contributed by atoms with Crippen LogP contribution in [0.3, 0.4) is 0 Å². The maximum absolute atomic E-state index is 12.9. The summed E-state index contributed by atoms with van der Waals surface area (Å²) in [5.74, 6) is -1.18. The highest BCUT2D eigenvalue weighted by Gasteiger charge is 2.25. The molecule has 0 aliphatic heterocycles. The van der Waals surface area contributed by atoms with Gasteiger partial charge in [0.15, 0.2) is 0 Å². The highest BCUT2D eigenvalue weighted by Crippen LogP contribution is 2.18. The number of unbranched alkanes of at least 4 members (excludes halogenated alkanes) is 22. The van der Waals surface area contributed by atoms with E-state index in [1.807, 2.05) is 0 Å². The van der Waals surface area contributed by atoms with Gasteiger partial charge in [-0.2, -0.15) is 0 Å². The molecule has 0 unspecified atom stereocenters. The second kappa shape index (κ2) is 35.9. The van der Waals surface area contributed by atoms with Crippen LogP contribution in [0.2, 0.25) is 0 Å². The molecule has 0 aliphatic carbocycles. The summed E-state index contributed by atoms with van der Waals surface area (Å²) in [6.07, 6.45) is 40.3. The molecule has 0 heterocycles. The molecule has 0 bridgehead atoms. The lowest BCUT2D eigenvalue weighted by Crippen LogP contribution is -2.26. The third-order valence-corrected chi connectivity index (χ3v) is 9.24. The molecule has 0 amide bonds. The van der Waals surface area contributed by atoms with Crippen LogP contribution < -0.4 is 6.15 Å². The van der Waals surface area contributed by atoms with E-state index in [1.54, 1.807) is 0 Å². The number of Topliss-reactive ketones (excluding diaryl/α,β-unsaturated/α-hetero) is 2. The lowest BCUT2D eigenvalue weighted by molar-refractivity contribution is -0.133. The molecule has 0 fully saturated rings. The molecule has 0 atom stereocenters. The minimum atomic E-state index is -4.84. The van der Waals surface area contributed by atoms with Crippen LogP contribution in [0.25, 0.3) is 0 Å². The second-order valence-corrected chi connectivity index (χ2v) is 14.2. The van der Waals surface area contributed by atoms with E-state index in [0.29, 0.717) is 12.8 Å². The van der Waals surface area contributed by atoms with Crippen LogP contribution in [-0.2, 0) is 24.2 Å². The van der Waals surface area contributed by atoms with Crippen LogP contribution in [0.4, 0.5) is 0 Å². The Morgan fingerprint density at radius 1 is 0.532 bits per heavy atom.